The summed E-state index contributed by atoms with van der Waals surface area (Å²) >= 11 is 0. The second-order valence-corrected chi connectivity index (χ2v) is 4.03. The lowest BCUT2D eigenvalue weighted by atomic mass is 10.0. The Balaban J connectivity index is 2.02. The molecule has 2 aliphatic rings. The molecule has 2 saturated carbocycles. The zero-order valence-corrected chi connectivity index (χ0v) is 7.66. The molecule has 0 amide bonds. The molecule has 0 spiro atoms. The first kappa shape index (κ1) is 7.31. The summed E-state index contributed by atoms with van der Waals surface area (Å²) in [5, 5.41) is 0. The van der Waals surface area contributed by atoms with Crippen LogP contribution < -0.4 is 0 Å². The van der Waals surface area contributed by atoms with Crippen LogP contribution in [0.3, 0.4) is 0 Å². The SMILES string of the molecule is c1cncc(C(=C2CC2)C2CC2)c1. The van der Waals surface area contributed by atoms with Crippen molar-refractivity contribution in [1.82, 2.24) is 4.98 Å². The highest BCUT2D eigenvalue weighted by atomic mass is 14.6. The van der Waals surface area contributed by atoms with Crippen LogP contribution in [0.25, 0.3) is 5.57 Å². The highest BCUT2D eigenvalue weighted by molar-refractivity contribution is 5.74. The van der Waals surface area contributed by atoms with E-state index < -0.39 is 0 Å². The number of hydrogen-bond acceptors (Lipinski definition) is 1. The predicted octanol–water partition coefficient (Wildman–Crippen LogP) is 3.04. The van der Waals surface area contributed by atoms with E-state index in [4.69, 9.17) is 0 Å². The lowest BCUT2D eigenvalue weighted by Crippen LogP contribution is -1.87. The third kappa shape index (κ3) is 1.39. The average molecular weight is 171 g/mol. The number of aromatic nitrogens is 1. The molecule has 0 aliphatic heterocycles. The number of pyridine rings is 1. The first-order valence-electron chi connectivity index (χ1n) is 5.07. The molecule has 1 aromatic rings. The van der Waals surface area contributed by atoms with E-state index in [-0.39, 0.29) is 0 Å². The van der Waals surface area contributed by atoms with Crippen molar-refractivity contribution in [2.24, 2.45) is 5.92 Å². The minimum Gasteiger partial charge on any atom is -0.264 e. The van der Waals surface area contributed by atoms with E-state index in [2.05, 4.69) is 11.1 Å². The van der Waals surface area contributed by atoms with Crippen molar-refractivity contribution in [3.63, 3.8) is 0 Å². The minimum absolute atomic E-state index is 0.877. The maximum atomic E-state index is 4.19. The highest BCUT2D eigenvalue weighted by Crippen LogP contribution is 2.49. The normalized spacial score (nSPS) is 20.2. The summed E-state index contributed by atoms with van der Waals surface area (Å²) in [6, 6.07) is 4.24. The number of nitrogens with zero attached hydrogens (tertiary/aromatic N) is 1. The van der Waals surface area contributed by atoms with Crippen molar-refractivity contribution in [3.8, 4) is 0 Å². The van der Waals surface area contributed by atoms with Gasteiger partial charge in [-0.25, -0.2) is 0 Å². The van der Waals surface area contributed by atoms with Gasteiger partial charge in [-0.15, -0.1) is 0 Å². The Kier molecular flexibility index (Phi) is 1.51. The van der Waals surface area contributed by atoms with Gasteiger partial charge in [-0.1, -0.05) is 11.6 Å². The smallest absolute Gasteiger partial charge is 0.0343 e. The standard InChI is InChI=1S/C12H13N/c1-2-11(8-13-7-1)12(9-3-4-9)10-5-6-10/h1-2,7-9H,3-6H2. The van der Waals surface area contributed by atoms with E-state index in [9.17, 15) is 0 Å². The molecule has 1 heterocycles. The lowest BCUT2D eigenvalue weighted by molar-refractivity contribution is 1.13. The van der Waals surface area contributed by atoms with Crippen LogP contribution in [0.5, 0.6) is 0 Å². The first-order valence-corrected chi connectivity index (χ1v) is 5.07. The summed E-state index contributed by atoms with van der Waals surface area (Å²) in [6.45, 7) is 0. The summed E-state index contributed by atoms with van der Waals surface area (Å²) in [4.78, 5) is 4.19. The number of hydrogen-bond donors (Lipinski definition) is 0. The molecule has 0 bridgehead atoms. The molecule has 2 aliphatic carbocycles. The number of allylic oxidation sites excluding steroid dienone is 2. The molecule has 1 heteroatoms. The van der Waals surface area contributed by atoms with Crippen molar-refractivity contribution < 1.29 is 0 Å². The molecular formula is C12H13N. The Labute approximate surface area is 78.5 Å². The summed E-state index contributed by atoms with van der Waals surface area (Å²) in [5.41, 5.74) is 4.70. The zero-order chi connectivity index (χ0) is 8.67. The van der Waals surface area contributed by atoms with Gasteiger partial charge in [0.15, 0.2) is 0 Å². The van der Waals surface area contributed by atoms with E-state index in [1.165, 1.54) is 31.2 Å². The number of rotatable bonds is 2. The van der Waals surface area contributed by atoms with Crippen LogP contribution in [0.15, 0.2) is 30.1 Å². The Morgan fingerprint density at radius 1 is 1.31 bits per heavy atom. The van der Waals surface area contributed by atoms with Gasteiger partial charge in [0, 0.05) is 12.4 Å². The molecule has 0 radical (unpaired) electrons. The Bertz CT molecular complexity index is 341. The molecule has 0 saturated heterocycles. The van der Waals surface area contributed by atoms with Crippen LogP contribution in [-0.4, -0.2) is 4.98 Å². The van der Waals surface area contributed by atoms with Crippen LogP contribution in [0.4, 0.5) is 0 Å². The van der Waals surface area contributed by atoms with Gasteiger partial charge in [-0.3, -0.25) is 4.98 Å². The molecule has 0 unspecified atom stereocenters. The summed E-state index contributed by atoms with van der Waals surface area (Å²) in [7, 11) is 0. The highest BCUT2D eigenvalue weighted by Gasteiger charge is 2.32. The van der Waals surface area contributed by atoms with Crippen LogP contribution in [-0.2, 0) is 0 Å². The van der Waals surface area contributed by atoms with Crippen LogP contribution in [0.2, 0.25) is 0 Å². The van der Waals surface area contributed by atoms with Gasteiger partial charge in [0.05, 0.1) is 0 Å². The molecule has 3 rings (SSSR count). The van der Waals surface area contributed by atoms with Gasteiger partial charge in [-0.05, 0) is 48.8 Å². The van der Waals surface area contributed by atoms with Gasteiger partial charge < -0.3 is 0 Å². The largest absolute Gasteiger partial charge is 0.264 e. The van der Waals surface area contributed by atoms with Crippen molar-refractivity contribution >= 4 is 5.57 Å². The van der Waals surface area contributed by atoms with Crippen molar-refractivity contribution in [1.29, 1.82) is 0 Å². The van der Waals surface area contributed by atoms with Crippen LogP contribution in [0, 0.1) is 5.92 Å². The molecule has 2 fully saturated rings. The van der Waals surface area contributed by atoms with Crippen molar-refractivity contribution in [3.05, 3.63) is 35.7 Å². The summed E-state index contributed by atoms with van der Waals surface area (Å²) < 4.78 is 0. The van der Waals surface area contributed by atoms with Gasteiger partial charge in [0.25, 0.3) is 0 Å². The van der Waals surface area contributed by atoms with Gasteiger partial charge >= 0.3 is 0 Å². The Morgan fingerprint density at radius 2 is 2.15 bits per heavy atom. The maximum absolute atomic E-state index is 4.19. The first-order chi connectivity index (χ1) is 6.45. The van der Waals surface area contributed by atoms with Crippen molar-refractivity contribution in [2.75, 3.05) is 0 Å². The second-order valence-electron chi connectivity index (χ2n) is 4.03. The lowest BCUT2D eigenvalue weighted by Gasteiger charge is -2.04. The van der Waals surface area contributed by atoms with Crippen molar-refractivity contribution in [2.45, 2.75) is 25.7 Å². The fourth-order valence-corrected chi connectivity index (χ4v) is 1.95. The minimum atomic E-state index is 0.877. The Morgan fingerprint density at radius 3 is 2.69 bits per heavy atom. The monoisotopic (exact) mass is 171 g/mol. The average Bonchev–Trinajstić information content (AvgIpc) is 3.00. The fourth-order valence-electron chi connectivity index (χ4n) is 1.95. The van der Waals surface area contributed by atoms with E-state index in [1.807, 2.05) is 18.5 Å². The Hall–Kier alpha value is -1.11. The zero-order valence-electron chi connectivity index (χ0n) is 7.66. The summed E-state index contributed by atoms with van der Waals surface area (Å²) in [6.07, 6.45) is 9.33. The molecule has 0 N–H and O–H groups in total. The summed E-state index contributed by atoms with van der Waals surface area (Å²) in [5.74, 6) is 0.877. The maximum Gasteiger partial charge on any atom is 0.0343 e. The topological polar surface area (TPSA) is 12.9 Å². The van der Waals surface area contributed by atoms with Crippen LogP contribution in [0.1, 0.15) is 31.2 Å². The van der Waals surface area contributed by atoms with Gasteiger partial charge in [-0.2, -0.15) is 0 Å². The predicted molar refractivity (Wildman–Crippen MR) is 53.1 cm³/mol. The van der Waals surface area contributed by atoms with E-state index in [0.717, 1.165) is 5.92 Å². The molecule has 13 heavy (non-hydrogen) atoms. The third-order valence-corrected chi connectivity index (χ3v) is 2.84. The van der Waals surface area contributed by atoms with Gasteiger partial charge in [0.2, 0.25) is 0 Å². The molecule has 1 nitrogen and oxygen atoms in total. The second kappa shape index (κ2) is 2.69. The molecule has 66 valence electrons. The van der Waals surface area contributed by atoms with E-state index in [1.54, 1.807) is 11.1 Å². The van der Waals surface area contributed by atoms with E-state index in [0.29, 0.717) is 0 Å². The molecular weight excluding hydrogens is 158 g/mol. The van der Waals surface area contributed by atoms with Gasteiger partial charge in [0.1, 0.15) is 0 Å². The fraction of sp³-hybridized carbons (Fsp3) is 0.417. The third-order valence-electron chi connectivity index (χ3n) is 2.84. The quantitative estimate of drug-likeness (QED) is 0.666. The molecule has 0 aromatic carbocycles. The van der Waals surface area contributed by atoms with Crippen LogP contribution >= 0.6 is 0 Å². The molecule has 0 atom stereocenters. The van der Waals surface area contributed by atoms with E-state index >= 15 is 0 Å². The molecule has 1 aromatic heterocycles.